The van der Waals surface area contributed by atoms with Crippen molar-refractivity contribution in [1.82, 2.24) is 15.8 Å². The first-order chi connectivity index (χ1) is 11.1. The number of nitrogens with zero attached hydrogens (tertiary/aromatic N) is 1. The lowest BCUT2D eigenvalue weighted by Gasteiger charge is -2.05. The molecule has 0 spiro atoms. The molecule has 0 saturated heterocycles. The monoisotopic (exact) mass is 336 g/mol. The number of hydrogen-bond acceptors (Lipinski definition) is 6. The molecule has 7 nitrogen and oxygen atoms in total. The van der Waals surface area contributed by atoms with Gasteiger partial charge in [-0.3, -0.25) is 14.8 Å². The van der Waals surface area contributed by atoms with E-state index in [0.717, 1.165) is 15.3 Å². The Morgan fingerprint density at radius 1 is 1.26 bits per heavy atom. The number of nitrogens with one attached hydrogen (secondary N) is 3. The minimum absolute atomic E-state index is 0.118. The summed E-state index contributed by atoms with van der Waals surface area (Å²) in [6.45, 7) is 2.69. The van der Waals surface area contributed by atoms with Crippen LogP contribution < -0.4 is 16.1 Å². The highest BCUT2D eigenvalue weighted by Crippen LogP contribution is 2.26. The van der Waals surface area contributed by atoms with Gasteiger partial charge in [-0.05, 0) is 37.5 Å². The number of rotatable bonds is 8. The van der Waals surface area contributed by atoms with Gasteiger partial charge in [-0.15, -0.1) is 0 Å². The molecule has 0 radical (unpaired) electrons. The highest BCUT2D eigenvalue weighted by atomic mass is 32.1. The van der Waals surface area contributed by atoms with Gasteiger partial charge in [0.1, 0.15) is 0 Å². The van der Waals surface area contributed by atoms with Gasteiger partial charge in [-0.25, -0.2) is 10.5 Å². The normalized spacial score (nSPS) is 10.5. The number of fused-ring (bicyclic) bond motifs is 1. The molecule has 0 fully saturated rings. The molecule has 1 aromatic carbocycles. The Bertz CT molecular complexity index is 686. The van der Waals surface area contributed by atoms with Crippen LogP contribution in [0.15, 0.2) is 18.2 Å². The van der Waals surface area contributed by atoms with Crippen LogP contribution in [-0.2, 0) is 9.59 Å². The molecule has 1 aromatic heterocycles. The summed E-state index contributed by atoms with van der Waals surface area (Å²) in [6.07, 6.45) is 1.53. The van der Waals surface area contributed by atoms with Crippen molar-refractivity contribution >= 4 is 38.5 Å². The van der Waals surface area contributed by atoms with E-state index >= 15 is 0 Å². The molecule has 0 aliphatic heterocycles. The third-order valence-electron chi connectivity index (χ3n) is 3.22. The third kappa shape index (κ3) is 5.50. The smallest absolute Gasteiger partial charge is 0.243 e. The number of thiazole rings is 1. The number of carbonyl (C=O) groups is 2. The van der Waals surface area contributed by atoms with Crippen molar-refractivity contribution in [2.24, 2.45) is 0 Å². The average molecular weight is 336 g/mol. The van der Waals surface area contributed by atoms with Gasteiger partial charge in [-0.1, -0.05) is 17.4 Å². The maximum Gasteiger partial charge on any atom is 0.243 e. The summed E-state index contributed by atoms with van der Waals surface area (Å²) >= 11 is 1.52. The van der Waals surface area contributed by atoms with E-state index < -0.39 is 5.91 Å². The van der Waals surface area contributed by atoms with Crippen LogP contribution in [0.2, 0.25) is 0 Å². The third-order valence-corrected chi connectivity index (χ3v) is 4.20. The van der Waals surface area contributed by atoms with E-state index in [1.54, 1.807) is 5.48 Å². The van der Waals surface area contributed by atoms with E-state index in [9.17, 15) is 9.59 Å². The van der Waals surface area contributed by atoms with E-state index in [2.05, 4.69) is 21.7 Å². The number of anilines is 1. The molecule has 8 heteroatoms. The molecule has 2 rings (SSSR count). The molecule has 2 aromatic rings. The van der Waals surface area contributed by atoms with Crippen LogP contribution in [0.3, 0.4) is 0 Å². The van der Waals surface area contributed by atoms with Crippen molar-refractivity contribution in [3.05, 3.63) is 23.8 Å². The summed E-state index contributed by atoms with van der Waals surface area (Å²) in [5.41, 5.74) is 3.68. The fraction of sp³-hybridized carbons (Fsp3) is 0.400. The Morgan fingerprint density at radius 3 is 2.87 bits per heavy atom. The summed E-state index contributed by atoms with van der Waals surface area (Å²) in [6, 6.07) is 6.05. The van der Waals surface area contributed by atoms with E-state index in [1.165, 1.54) is 16.9 Å². The number of carbonyl (C=O) groups excluding carboxylic acids is 2. The van der Waals surface area contributed by atoms with E-state index in [-0.39, 0.29) is 18.9 Å². The molecule has 0 unspecified atom stereocenters. The number of benzene rings is 1. The summed E-state index contributed by atoms with van der Waals surface area (Å²) in [5, 5.41) is 14.9. The lowest BCUT2D eigenvalue weighted by molar-refractivity contribution is -0.129. The van der Waals surface area contributed by atoms with Crippen molar-refractivity contribution in [3.8, 4) is 0 Å². The molecular weight excluding hydrogens is 316 g/mol. The number of unbranched alkanes of at least 4 members (excludes halogenated alkanes) is 1. The molecule has 0 aliphatic carbocycles. The standard InChI is InChI=1S/C15H20N4O3S/c1-10-5-6-11-12(8-10)23-15(18-11)17-9-14(21)16-7-3-2-4-13(20)19-22/h5-6,8,22H,2-4,7,9H2,1H3,(H,16,21)(H,17,18)(H,19,20). The zero-order valence-electron chi connectivity index (χ0n) is 12.9. The lowest BCUT2D eigenvalue weighted by atomic mass is 10.2. The molecule has 4 N–H and O–H groups in total. The number of aromatic nitrogens is 1. The maximum atomic E-state index is 11.7. The van der Waals surface area contributed by atoms with Gasteiger partial charge < -0.3 is 10.6 Å². The molecule has 0 atom stereocenters. The summed E-state index contributed by atoms with van der Waals surface area (Å²) in [7, 11) is 0. The Labute approximate surface area is 138 Å². The highest BCUT2D eigenvalue weighted by Gasteiger charge is 2.06. The Morgan fingerprint density at radius 2 is 2.09 bits per heavy atom. The Balaban J connectivity index is 1.68. The average Bonchev–Trinajstić information content (AvgIpc) is 2.94. The quantitative estimate of drug-likeness (QED) is 0.334. The SMILES string of the molecule is Cc1ccc2nc(NCC(=O)NCCCCC(=O)NO)sc2c1. The van der Waals surface area contributed by atoms with Gasteiger partial charge >= 0.3 is 0 Å². The predicted octanol–water partition coefficient (Wildman–Crippen LogP) is 1.81. The summed E-state index contributed by atoms with van der Waals surface area (Å²) in [4.78, 5) is 26.9. The molecule has 124 valence electrons. The second kappa shape index (κ2) is 8.44. The molecule has 0 aliphatic rings. The zero-order valence-corrected chi connectivity index (χ0v) is 13.7. The van der Waals surface area contributed by atoms with E-state index in [1.807, 2.05) is 19.1 Å². The van der Waals surface area contributed by atoms with Crippen LogP contribution in [0.1, 0.15) is 24.8 Å². The van der Waals surface area contributed by atoms with Gasteiger partial charge in [0.05, 0.1) is 16.8 Å². The highest BCUT2D eigenvalue weighted by molar-refractivity contribution is 7.22. The molecule has 2 amide bonds. The first kappa shape index (κ1) is 17.2. The Hall–Kier alpha value is -2.19. The molecular formula is C15H20N4O3S. The van der Waals surface area contributed by atoms with Crippen molar-refractivity contribution in [1.29, 1.82) is 0 Å². The minimum Gasteiger partial charge on any atom is -0.355 e. The molecule has 23 heavy (non-hydrogen) atoms. The number of hydrogen-bond donors (Lipinski definition) is 4. The van der Waals surface area contributed by atoms with Gasteiger partial charge in [-0.2, -0.15) is 0 Å². The zero-order chi connectivity index (χ0) is 16.7. The second-order valence-corrected chi connectivity index (χ2v) is 6.22. The van der Waals surface area contributed by atoms with Gasteiger partial charge in [0.25, 0.3) is 0 Å². The fourth-order valence-electron chi connectivity index (χ4n) is 2.02. The molecule has 0 bridgehead atoms. The molecule has 1 heterocycles. The van der Waals surface area contributed by atoms with Crippen molar-refractivity contribution in [2.45, 2.75) is 26.2 Å². The van der Waals surface area contributed by atoms with Crippen molar-refractivity contribution in [3.63, 3.8) is 0 Å². The minimum atomic E-state index is -0.413. The van der Waals surface area contributed by atoms with E-state index in [4.69, 9.17) is 5.21 Å². The van der Waals surface area contributed by atoms with E-state index in [0.29, 0.717) is 19.4 Å². The predicted molar refractivity (Wildman–Crippen MR) is 89.6 cm³/mol. The number of aryl methyl sites for hydroxylation is 1. The number of hydroxylamine groups is 1. The van der Waals surface area contributed by atoms with Crippen molar-refractivity contribution in [2.75, 3.05) is 18.4 Å². The Kier molecular flexibility index (Phi) is 6.30. The maximum absolute atomic E-state index is 11.7. The topological polar surface area (TPSA) is 103 Å². The van der Waals surface area contributed by atoms with Crippen LogP contribution in [0.5, 0.6) is 0 Å². The van der Waals surface area contributed by atoms with Gasteiger partial charge in [0, 0.05) is 13.0 Å². The number of amides is 2. The van der Waals surface area contributed by atoms with Crippen LogP contribution in [0.25, 0.3) is 10.2 Å². The largest absolute Gasteiger partial charge is 0.355 e. The van der Waals surface area contributed by atoms with Gasteiger partial charge in [0.2, 0.25) is 11.8 Å². The summed E-state index contributed by atoms with van der Waals surface area (Å²) < 4.78 is 1.09. The molecule has 0 saturated carbocycles. The lowest BCUT2D eigenvalue weighted by Crippen LogP contribution is -2.30. The van der Waals surface area contributed by atoms with Crippen LogP contribution in [0.4, 0.5) is 5.13 Å². The second-order valence-electron chi connectivity index (χ2n) is 5.19. The first-order valence-electron chi connectivity index (χ1n) is 7.39. The first-order valence-corrected chi connectivity index (χ1v) is 8.21. The van der Waals surface area contributed by atoms with Crippen LogP contribution in [0, 0.1) is 6.92 Å². The van der Waals surface area contributed by atoms with Crippen LogP contribution in [-0.4, -0.2) is 35.1 Å². The fourth-order valence-corrected chi connectivity index (χ4v) is 2.98. The van der Waals surface area contributed by atoms with Crippen LogP contribution >= 0.6 is 11.3 Å². The summed E-state index contributed by atoms with van der Waals surface area (Å²) in [5.74, 6) is -0.531. The van der Waals surface area contributed by atoms with Gasteiger partial charge in [0.15, 0.2) is 5.13 Å². The van der Waals surface area contributed by atoms with Crippen molar-refractivity contribution < 1.29 is 14.8 Å².